The van der Waals surface area contributed by atoms with Gasteiger partial charge in [0.2, 0.25) is 5.88 Å². The molecule has 1 fully saturated rings. The summed E-state index contributed by atoms with van der Waals surface area (Å²) in [7, 11) is 1.51. The molecule has 132 valence electrons. The van der Waals surface area contributed by atoms with Gasteiger partial charge in [0.15, 0.2) is 0 Å². The molecule has 8 heteroatoms. The quantitative estimate of drug-likeness (QED) is 0.864. The number of nitrogens with one attached hydrogen (secondary N) is 1. The lowest BCUT2D eigenvalue weighted by molar-refractivity contribution is 0.0949. The van der Waals surface area contributed by atoms with E-state index in [0.29, 0.717) is 30.5 Å². The summed E-state index contributed by atoms with van der Waals surface area (Å²) in [5.74, 6) is 1.62. The van der Waals surface area contributed by atoms with Gasteiger partial charge in [-0.1, -0.05) is 0 Å². The van der Waals surface area contributed by atoms with Gasteiger partial charge in [-0.25, -0.2) is 15.0 Å². The Morgan fingerprint density at radius 3 is 2.88 bits per heavy atom. The van der Waals surface area contributed by atoms with Crippen molar-refractivity contribution in [3.05, 3.63) is 41.5 Å². The van der Waals surface area contributed by atoms with Crippen LogP contribution in [0.1, 0.15) is 21.9 Å². The van der Waals surface area contributed by atoms with Crippen molar-refractivity contribution in [2.75, 3.05) is 38.3 Å². The minimum Gasteiger partial charge on any atom is -0.481 e. The zero-order valence-electron chi connectivity index (χ0n) is 14.4. The maximum Gasteiger partial charge on any atom is 0.251 e. The minimum absolute atomic E-state index is 0.223. The van der Waals surface area contributed by atoms with Crippen LogP contribution < -0.4 is 15.0 Å². The molecule has 2 aromatic rings. The van der Waals surface area contributed by atoms with E-state index in [2.05, 4.69) is 25.2 Å². The van der Waals surface area contributed by atoms with Crippen LogP contribution in [0, 0.1) is 6.92 Å². The number of hydrogen-bond acceptors (Lipinski definition) is 7. The van der Waals surface area contributed by atoms with E-state index in [0.717, 1.165) is 24.6 Å². The van der Waals surface area contributed by atoms with E-state index in [9.17, 15) is 4.79 Å². The molecule has 1 amide bonds. The highest BCUT2D eigenvalue weighted by atomic mass is 16.5. The third kappa shape index (κ3) is 4.42. The maximum absolute atomic E-state index is 12.3. The Kier molecular flexibility index (Phi) is 5.39. The molecule has 3 rings (SSSR count). The lowest BCUT2D eigenvalue weighted by Crippen LogP contribution is -2.37. The van der Waals surface area contributed by atoms with Crippen molar-refractivity contribution < 1.29 is 14.3 Å². The number of methoxy groups -OCH3 is 1. The van der Waals surface area contributed by atoms with Crippen molar-refractivity contribution in [3.63, 3.8) is 0 Å². The highest BCUT2D eigenvalue weighted by Gasteiger charge is 2.15. The summed E-state index contributed by atoms with van der Waals surface area (Å²) in [5.41, 5.74) is 1.35. The molecule has 25 heavy (non-hydrogen) atoms. The average molecular weight is 343 g/mol. The molecule has 0 aliphatic carbocycles. The van der Waals surface area contributed by atoms with Crippen molar-refractivity contribution in [2.45, 2.75) is 13.5 Å². The summed E-state index contributed by atoms with van der Waals surface area (Å²) >= 11 is 0. The SMILES string of the molecule is COc1cc(C(=O)NCc2nc(C)cc(N3CCOCC3)n2)ccn1. The first-order chi connectivity index (χ1) is 12.2. The van der Waals surface area contributed by atoms with Gasteiger partial charge < -0.3 is 19.7 Å². The van der Waals surface area contributed by atoms with E-state index in [1.807, 2.05) is 13.0 Å². The van der Waals surface area contributed by atoms with Crippen LogP contribution in [0.5, 0.6) is 5.88 Å². The number of nitrogens with zero attached hydrogens (tertiary/aromatic N) is 4. The van der Waals surface area contributed by atoms with Gasteiger partial charge in [0, 0.05) is 42.7 Å². The number of morpholine rings is 1. The second kappa shape index (κ2) is 7.89. The van der Waals surface area contributed by atoms with Crippen molar-refractivity contribution >= 4 is 11.7 Å². The van der Waals surface area contributed by atoms with Crippen LogP contribution in [0.15, 0.2) is 24.4 Å². The first-order valence-corrected chi connectivity index (χ1v) is 8.11. The number of carbonyl (C=O) groups is 1. The fourth-order valence-electron chi connectivity index (χ4n) is 2.57. The van der Waals surface area contributed by atoms with Gasteiger partial charge in [-0.3, -0.25) is 4.79 Å². The summed E-state index contributed by atoms with van der Waals surface area (Å²) in [6, 6.07) is 5.17. The molecule has 8 nitrogen and oxygen atoms in total. The Hall–Kier alpha value is -2.74. The molecular formula is C17H21N5O3. The monoisotopic (exact) mass is 343 g/mol. The van der Waals surface area contributed by atoms with Crippen molar-refractivity contribution in [2.24, 2.45) is 0 Å². The van der Waals surface area contributed by atoms with Gasteiger partial charge in [-0.05, 0) is 13.0 Å². The highest BCUT2D eigenvalue weighted by Crippen LogP contribution is 2.14. The van der Waals surface area contributed by atoms with Gasteiger partial charge in [-0.2, -0.15) is 0 Å². The Morgan fingerprint density at radius 2 is 2.12 bits per heavy atom. The van der Waals surface area contributed by atoms with Gasteiger partial charge in [0.25, 0.3) is 5.91 Å². The van der Waals surface area contributed by atoms with Crippen LogP contribution in [0.4, 0.5) is 5.82 Å². The van der Waals surface area contributed by atoms with Crippen LogP contribution >= 0.6 is 0 Å². The van der Waals surface area contributed by atoms with Crippen molar-refractivity contribution in [1.82, 2.24) is 20.3 Å². The molecule has 0 saturated carbocycles. The Morgan fingerprint density at radius 1 is 1.32 bits per heavy atom. The highest BCUT2D eigenvalue weighted by molar-refractivity contribution is 5.94. The lowest BCUT2D eigenvalue weighted by atomic mass is 10.2. The van der Waals surface area contributed by atoms with Crippen LogP contribution in [-0.2, 0) is 11.3 Å². The Bertz CT molecular complexity index is 747. The lowest BCUT2D eigenvalue weighted by Gasteiger charge is -2.28. The molecule has 3 heterocycles. The van der Waals surface area contributed by atoms with Crippen molar-refractivity contribution in [3.8, 4) is 5.88 Å². The first kappa shape index (κ1) is 17.1. The van der Waals surface area contributed by atoms with Crippen LogP contribution in [0.3, 0.4) is 0 Å². The molecule has 2 aromatic heterocycles. The fraction of sp³-hybridized carbons (Fsp3) is 0.412. The second-order valence-corrected chi connectivity index (χ2v) is 5.65. The number of aryl methyl sites for hydroxylation is 1. The number of aromatic nitrogens is 3. The summed E-state index contributed by atoms with van der Waals surface area (Å²) in [5, 5.41) is 2.83. The normalized spacial score (nSPS) is 14.2. The molecule has 0 bridgehead atoms. The largest absolute Gasteiger partial charge is 0.481 e. The van der Waals surface area contributed by atoms with E-state index < -0.39 is 0 Å². The van der Waals surface area contributed by atoms with Gasteiger partial charge in [-0.15, -0.1) is 0 Å². The van der Waals surface area contributed by atoms with E-state index in [4.69, 9.17) is 9.47 Å². The molecule has 1 aliphatic heterocycles. The number of hydrogen-bond donors (Lipinski definition) is 1. The molecular weight excluding hydrogens is 322 g/mol. The number of pyridine rings is 1. The Balaban J connectivity index is 1.67. The summed E-state index contributed by atoms with van der Waals surface area (Å²) in [4.78, 5) is 27.4. The van der Waals surface area contributed by atoms with E-state index >= 15 is 0 Å². The van der Waals surface area contributed by atoms with Gasteiger partial charge in [0.1, 0.15) is 11.6 Å². The molecule has 0 radical (unpaired) electrons. The number of anilines is 1. The van der Waals surface area contributed by atoms with Gasteiger partial charge in [0.05, 0.1) is 26.9 Å². The number of amides is 1. The van der Waals surface area contributed by atoms with Crippen LogP contribution in [0.2, 0.25) is 0 Å². The molecule has 0 atom stereocenters. The van der Waals surface area contributed by atoms with E-state index in [1.165, 1.54) is 13.3 Å². The van der Waals surface area contributed by atoms with Gasteiger partial charge >= 0.3 is 0 Å². The van der Waals surface area contributed by atoms with Crippen molar-refractivity contribution in [1.29, 1.82) is 0 Å². The smallest absolute Gasteiger partial charge is 0.251 e. The maximum atomic E-state index is 12.3. The predicted octanol–water partition coefficient (Wildman–Crippen LogP) is 0.955. The topological polar surface area (TPSA) is 89.5 Å². The fourth-order valence-corrected chi connectivity index (χ4v) is 2.57. The number of carbonyl (C=O) groups excluding carboxylic acids is 1. The number of ether oxygens (including phenoxy) is 2. The minimum atomic E-state index is -0.223. The zero-order valence-corrected chi connectivity index (χ0v) is 14.4. The first-order valence-electron chi connectivity index (χ1n) is 8.11. The van der Waals surface area contributed by atoms with Crippen LogP contribution in [0.25, 0.3) is 0 Å². The summed E-state index contributed by atoms with van der Waals surface area (Å²) in [6.45, 7) is 5.17. The molecule has 1 N–H and O–H groups in total. The summed E-state index contributed by atoms with van der Waals surface area (Å²) < 4.78 is 10.4. The molecule has 0 aromatic carbocycles. The zero-order chi connectivity index (χ0) is 17.6. The van der Waals surface area contributed by atoms with E-state index in [1.54, 1.807) is 12.1 Å². The standard InChI is InChI=1S/C17H21N5O3/c1-12-9-15(22-5-7-25-8-6-22)21-14(20-12)11-19-17(23)13-3-4-18-16(10-13)24-2/h3-4,9-10H,5-8,11H2,1-2H3,(H,19,23). The third-order valence-corrected chi connectivity index (χ3v) is 3.84. The average Bonchev–Trinajstić information content (AvgIpc) is 2.66. The predicted molar refractivity (Wildman–Crippen MR) is 91.8 cm³/mol. The van der Waals surface area contributed by atoms with E-state index in [-0.39, 0.29) is 12.5 Å². The molecule has 0 unspecified atom stereocenters. The summed E-state index contributed by atoms with van der Waals surface area (Å²) in [6.07, 6.45) is 1.54. The second-order valence-electron chi connectivity index (χ2n) is 5.65. The number of rotatable bonds is 5. The van der Waals surface area contributed by atoms with Crippen LogP contribution in [-0.4, -0.2) is 54.3 Å². The third-order valence-electron chi connectivity index (χ3n) is 3.84. The molecule has 0 spiro atoms. The Labute approximate surface area is 146 Å². The molecule has 1 aliphatic rings. The molecule has 1 saturated heterocycles.